The van der Waals surface area contributed by atoms with Gasteiger partial charge in [0.2, 0.25) is 0 Å². The van der Waals surface area contributed by atoms with Crippen molar-refractivity contribution in [1.82, 2.24) is 15.5 Å². The maximum absolute atomic E-state index is 5.34. The molecule has 0 saturated heterocycles. The molecule has 0 saturated carbocycles. The predicted molar refractivity (Wildman–Crippen MR) is 71.2 cm³/mol. The van der Waals surface area contributed by atoms with Crippen LogP contribution < -0.4 is 5.32 Å². The lowest BCUT2D eigenvalue weighted by Crippen LogP contribution is -2.22. The van der Waals surface area contributed by atoms with Crippen molar-refractivity contribution in [2.45, 2.75) is 40.3 Å². The summed E-state index contributed by atoms with van der Waals surface area (Å²) in [7, 11) is 0. The Hall–Kier alpha value is -1.68. The van der Waals surface area contributed by atoms with Crippen LogP contribution in [-0.2, 0) is 6.54 Å². The molecule has 1 aromatic carbocycles. The number of nitrogens with zero attached hydrogens (tertiary/aromatic N) is 2. The number of rotatable bonds is 4. The maximum atomic E-state index is 5.34. The Morgan fingerprint density at radius 1 is 1.22 bits per heavy atom. The standard InChI is InChI=1S/C14H19N3O/c1-9(2)15-8-12-16-14(18-17-12)13-10(3)6-5-7-11(13)4/h5-7,9,15H,8H2,1-4H3. The van der Waals surface area contributed by atoms with Crippen molar-refractivity contribution < 1.29 is 4.52 Å². The molecule has 4 nitrogen and oxygen atoms in total. The number of hydrogen-bond donors (Lipinski definition) is 1. The lowest BCUT2D eigenvalue weighted by Gasteiger charge is -2.04. The van der Waals surface area contributed by atoms with Crippen molar-refractivity contribution in [1.29, 1.82) is 0 Å². The van der Waals surface area contributed by atoms with Gasteiger partial charge in [-0.1, -0.05) is 37.2 Å². The number of benzene rings is 1. The minimum Gasteiger partial charge on any atom is -0.334 e. The molecule has 0 aliphatic rings. The smallest absolute Gasteiger partial charge is 0.258 e. The molecular weight excluding hydrogens is 226 g/mol. The van der Waals surface area contributed by atoms with Gasteiger partial charge in [-0.05, 0) is 25.0 Å². The van der Waals surface area contributed by atoms with Gasteiger partial charge >= 0.3 is 0 Å². The summed E-state index contributed by atoms with van der Waals surface area (Å²) < 4.78 is 5.34. The molecule has 4 heteroatoms. The van der Waals surface area contributed by atoms with Crippen LogP contribution in [0.3, 0.4) is 0 Å². The SMILES string of the molecule is Cc1cccc(C)c1-c1nc(CNC(C)C)no1. The van der Waals surface area contributed by atoms with E-state index >= 15 is 0 Å². The Kier molecular flexibility index (Phi) is 3.77. The first-order valence-electron chi connectivity index (χ1n) is 6.20. The van der Waals surface area contributed by atoms with Gasteiger partial charge in [-0.25, -0.2) is 0 Å². The summed E-state index contributed by atoms with van der Waals surface area (Å²) in [6.45, 7) is 8.92. The van der Waals surface area contributed by atoms with E-state index in [4.69, 9.17) is 4.52 Å². The Balaban J connectivity index is 2.24. The van der Waals surface area contributed by atoms with Gasteiger partial charge < -0.3 is 9.84 Å². The van der Waals surface area contributed by atoms with Gasteiger partial charge in [0, 0.05) is 11.6 Å². The summed E-state index contributed by atoms with van der Waals surface area (Å²) in [5.74, 6) is 1.30. The summed E-state index contributed by atoms with van der Waals surface area (Å²) in [4.78, 5) is 4.43. The van der Waals surface area contributed by atoms with Crippen LogP contribution in [0.5, 0.6) is 0 Å². The van der Waals surface area contributed by atoms with E-state index in [0.29, 0.717) is 24.3 Å². The molecular formula is C14H19N3O. The van der Waals surface area contributed by atoms with Crippen molar-refractivity contribution >= 4 is 0 Å². The Morgan fingerprint density at radius 2 is 1.89 bits per heavy atom. The zero-order chi connectivity index (χ0) is 13.1. The molecule has 1 heterocycles. The maximum Gasteiger partial charge on any atom is 0.258 e. The molecule has 18 heavy (non-hydrogen) atoms. The van der Waals surface area contributed by atoms with Crippen LogP contribution in [0.2, 0.25) is 0 Å². The van der Waals surface area contributed by atoms with Crippen LogP contribution in [0.25, 0.3) is 11.5 Å². The van der Waals surface area contributed by atoms with Gasteiger partial charge in [0.05, 0.1) is 6.54 Å². The number of aromatic nitrogens is 2. The van der Waals surface area contributed by atoms with E-state index in [9.17, 15) is 0 Å². The van der Waals surface area contributed by atoms with Crippen LogP contribution in [0.15, 0.2) is 22.7 Å². The molecule has 0 amide bonds. The van der Waals surface area contributed by atoms with Crippen LogP contribution in [0, 0.1) is 13.8 Å². The molecule has 0 aliphatic carbocycles. The molecule has 1 aromatic heterocycles. The first-order valence-corrected chi connectivity index (χ1v) is 6.20. The summed E-state index contributed by atoms with van der Waals surface area (Å²) in [5.41, 5.74) is 3.35. The third-order valence-electron chi connectivity index (χ3n) is 2.83. The third kappa shape index (κ3) is 2.76. The molecule has 2 rings (SSSR count). The lowest BCUT2D eigenvalue weighted by molar-refractivity contribution is 0.417. The fourth-order valence-corrected chi connectivity index (χ4v) is 1.87. The molecule has 0 atom stereocenters. The Morgan fingerprint density at radius 3 is 2.50 bits per heavy atom. The molecule has 2 aromatic rings. The van der Waals surface area contributed by atoms with Crippen LogP contribution in [0.4, 0.5) is 0 Å². The first-order chi connectivity index (χ1) is 8.58. The van der Waals surface area contributed by atoms with Gasteiger partial charge in [0.1, 0.15) is 0 Å². The van der Waals surface area contributed by atoms with E-state index in [0.717, 1.165) is 16.7 Å². The summed E-state index contributed by atoms with van der Waals surface area (Å²) in [5, 5.41) is 7.27. The Bertz CT molecular complexity index is 511. The van der Waals surface area contributed by atoms with E-state index in [2.05, 4.69) is 55.3 Å². The minimum absolute atomic E-state index is 0.409. The second-order valence-electron chi connectivity index (χ2n) is 4.82. The van der Waals surface area contributed by atoms with Crippen LogP contribution in [-0.4, -0.2) is 16.2 Å². The normalized spacial score (nSPS) is 11.2. The van der Waals surface area contributed by atoms with Crippen molar-refractivity contribution in [3.63, 3.8) is 0 Å². The monoisotopic (exact) mass is 245 g/mol. The quantitative estimate of drug-likeness (QED) is 0.900. The highest BCUT2D eigenvalue weighted by molar-refractivity contribution is 5.62. The minimum atomic E-state index is 0.409. The second kappa shape index (κ2) is 5.31. The van der Waals surface area contributed by atoms with E-state index in [1.807, 2.05) is 6.07 Å². The molecule has 0 radical (unpaired) electrons. The van der Waals surface area contributed by atoms with Crippen LogP contribution >= 0.6 is 0 Å². The summed E-state index contributed by atoms with van der Waals surface area (Å²) in [6.07, 6.45) is 0. The molecule has 0 fully saturated rings. The summed E-state index contributed by atoms with van der Waals surface area (Å²) in [6, 6.07) is 6.55. The van der Waals surface area contributed by atoms with E-state index in [1.165, 1.54) is 0 Å². The first kappa shape index (κ1) is 12.8. The van der Waals surface area contributed by atoms with Crippen molar-refractivity contribution in [3.05, 3.63) is 35.2 Å². The predicted octanol–water partition coefficient (Wildman–Crippen LogP) is 2.85. The molecule has 0 unspecified atom stereocenters. The summed E-state index contributed by atoms with van der Waals surface area (Å²) >= 11 is 0. The van der Waals surface area contributed by atoms with E-state index < -0.39 is 0 Å². The highest BCUT2D eigenvalue weighted by Gasteiger charge is 2.13. The highest BCUT2D eigenvalue weighted by atomic mass is 16.5. The fourth-order valence-electron chi connectivity index (χ4n) is 1.87. The molecule has 1 N–H and O–H groups in total. The van der Waals surface area contributed by atoms with Crippen molar-refractivity contribution in [2.75, 3.05) is 0 Å². The zero-order valence-electron chi connectivity index (χ0n) is 11.3. The van der Waals surface area contributed by atoms with E-state index in [-0.39, 0.29) is 0 Å². The van der Waals surface area contributed by atoms with Gasteiger partial charge in [-0.15, -0.1) is 0 Å². The fraction of sp³-hybridized carbons (Fsp3) is 0.429. The molecule has 0 bridgehead atoms. The molecule has 96 valence electrons. The lowest BCUT2D eigenvalue weighted by atomic mass is 10.0. The number of hydrogen-bond acceptors (Lipinski definition) is 4. The molecule has 0 aliphatic heterocycles. The average Bonchev–Trinajstić information content (AvgIpc) is 2.75. The zero-order valence-corrected chi connectivity index (χ0v) is 11.3. The van der Waals surface area contributed by atoms with Gasteiger partial charge in [0.15, 0.2) is 5.82 Å². The van der Waals surface area contributed by atoms with Gasteiger partial charge in [-0.3, -0.25) is 0 Å². The van der Waals surface area contributed by atoms with Crippen molar-refractivity contribution in [3.8, 4) is 11.5 Å². The number of nitrogens with one attached hydrogen (secondary N) is 1. The van der Waals surface area contributed by atoms with Crippen molar-refractivity contribution in [2.24, 2.45) is 0 Å². The topological polar surface area (TPSA) is 51.0 Å². The Labute approximate surface area is 107 Å². The highest BCUT2D eigenvalue weighted by Crippen LogP contribution is 2.25. The second-order valence-corrected chi connectivity index (χ2v) is 4.82. The van der Waals surface area contributed by atoms with Gasteiger partial charge in [0.25, 0.3) is 5.89 Å². The average molecular weight is 245 g/mol. The third-order valence-corrected chi connectivity index (χ3v) is 2.83. The van der Waals surface area contributed by atoms with E-state index in [1.54, 1.807) is 0 Å². The number of aryl methyl sites for hydroxylation is 2. The van der Waals surface area contributed by atoms with Gasteiger partial charge in [-0.2, -0.15) is 4.98 Å². The van der Waals surface area contributed by atoms with Crippen LogP contribution in [0.1, 0.15) is 30.8 Å². The molecule has 0 spiro atoms. The largest absolute Gasteiger partial charge is 0.334 e.